The normalized spacial score (nSPS) is 18.3. The Morgan fingerprint density at radius 3 is 2.62 bits per heavy atom. The Labute approximate surface area is 217 Å². The fourth-order valence-corrected chi connectivity index (χ4v) is 5.60. The molecule has 1 amide bonds. The molecule has 0 saturated heterocycles. The number of ether oxygens (including phenoxy) is 1. The van der Waals surface area contributed by atoms with Gasteiger partial charge in [-0.05, 0) is 56.8 Å². The van der Waals surface area contributed by atoms with Crippen molar-refractivity contribution in [3.05, 3.63) is 42.0 Å². The Balaban J connectivity index is 1.42. The monoisotopic (exact) mass is 503 g/mol. The third-order valence-electron chi connectivity index (χ3n) is 7.75. The Kier molecular flexibility index (Phi) is 6.90. The van der Waals surface area contributed by atoms with Gasteiger partial charge in [0.2, 0.25) is 5.91 Å². The van der Waals surface area contributed by atoms with Gasteiger partial charge in [-0.1, -0.05) is 13.8 Å². The summed E-state index contributed by atoms with van der Waals surface area (Å²) in [6.07, 6.45) is 7.84. The molecule has 196 valence electrons. The van der Waals surface area contributed by atoms with Crippen LogP contribution in [0.1, 0.15) is 62.6 Å². The second-order valence-electron chi connectivity index (χ2n) is 10.7. The number of nitrogens with one attached hydrogen (secondary N) is 1. The minimum Gasteiger partial charge on any atom is -0.493 e. The van der Waals surface area contributed by atoms with Crippen molar-refractivity contribution in [2.75, 3.05) is 34.8 Å². The maximum atomic E-state index is 12.1. The van der Waals surface area contributed by atoms with Crippen molar-refractivity contribution in [3.63, 3.8) is 0 Å². The largest absolute Gasteiger partial charge is 0.493 e. The minimum atomic E-state index is 0.154. The summed E-state index contributed by atoms with van der Waals surface area (Å²) in [4.78, 5) is 29.2. The first-order valence-electron chi connectivity index (χ1n) is 13.1. The molecule has 0 radical (unpaired) electrons. The zero-order valence-corrected chi connectivity index (χ0v) is 22.7. The van der Waals surface area contributed by atoms with Crippen LogP contribution in [0, 0.1) is 0 Å². The summed E-state index contributed by atoms with van der Waals surface area (Å²) in [6, 6.07) is 6.81. The van der Waals surface area contributed by atoms with Gasteiger partial charge in [0.15, 0.2) is 11.4 Å². The van der Waals surface area contributed by atoms with E-state index < -0.39 is 0 Å². The second-order valence-corrected chi connectivity index (χ2v) is 10.7. The number of H-pyrrole nitrogens is 1. The summed E-state index contributed by atoms with van der Waals surface area (Å²) in [6.45, 7) is 4.89. The molecule has 37 heavy (non-hydrogen) atoms. The van der Waals surface area contributed by atoms with Gasteiger partial charge in [0, 0.05) is 49.1 Å². The molecule has 4 heterocycles. The minimum absolute atomic E-state index is 0.154. The standard InChI is InChI=1S/C28H37N7O2/c1-17(2)25-26(19-13-23(37-6)28-29-16-30-35(28)14-19)32-22-12-11-21(31-27(22)25)18-7-9-20(10-8-18)34(5)15-24(36)33(3)4/h11-14,16-18,20,32H,7-10,15H2,1-6H3. The highest BCUT2D eigenvalue weighted by atomic mass is 16.5. The lowest BCUT2D eigenvalue weighted by Crippen LogP contribution is -2.41. The van der Waals surface area contributed by atoms with Crippen LogP contribution in [-0.4, -0.2) is 81.1 Å². The van der Waals surface area contributed by atoms with E-state index in [0.29, 0.717) is 29.9 Å². The summed E-state index contributed by atoms with van der Waals surface area (Å²) in [7, 11) is 7.35. The predicted molar refractivity (Wildman–Crippen MR) is 145 cm³/mol. The number of carbonyl (C=O) groups excluding carboxylic acids is 1. The first-order valence-corrected chi connectivity index (χ1v) is 13.1. The van der Waals surface area contributed by atoms with E-state index in [1.54, 1.807) is 16.5 Å². The molecule has 0 spiro atoms. The molecule has 0 unspecified atom stereocenters. The van der Waals surface area contributed by atoms with Crippen LogP contribution in [0.4, 0.5) is 0 Å². The Morgan fingerprint density at radius 2 is 1.95 bits per heavy atom. The van der Waals surface area contributed by atoms with Gasteiger partial charge in [-0.2, -0.15) is 5.10 Å². The molecule has 0 bridgehead atoms. The van der Waals surface area contributed by atoms with Gasteiger partial charge >= 0.3 is 0 Å². The Hall–Kier alpha value is -3.46. The molecule has 9 heteroatoms. The molecule has 1 N–H and O–H groups in total. The predicted octanol–water partition coefficient (Wildman–Crippen LogP) is 4.45. The number of nitrogens with zero attached hydrogens (tertiary/aromatic N) is 6. The molecule has 5 rings (SSSR count). The number of hydrogen-bond donors (Lipinski definition) is 1. The van der Waals surface area contributed by atoms with Crippen molar-refractivity contribution >= 4 is 22.6 Å². The van der Waals surface area contributed by atoms with Gasteiger partial charge in [0.25, 0.3) is 0 Å². The SMILES string of the molecule is COc1cc(-c2[nH]c3ccc(C4CCC(N(C)CC(=O)N(C)C)CC4)nc3c2C(C)C)cn2ncnc12. The van der Waals surface area contributed by atoms with E-state index in [1.807, 2.05) is 26.4 Å². The Morgan fingerprint density at radius 1 is 1.19 bits per heavy atom. The number of methoxy groups -OCH3 is 1. The van der Waals surface area contributed by atoms with Gasteiger partial charge in [-0.15, -0.1) is 0 Å². The first kappa shape index (κ1) is 25.2. The summed E-state index contributed by atoms with van der Waals surface area (Å²) in [5.41, 5.74) is 7.17. The molecule has 0 atom stereocenters. The van der Waals surface area contributed by atoms with Gasteiger partial charge in [0.05, 0.1) is 30.4 Å². The Bertz CT molecular complexity index is 1410. The number of rotatable bonds is 7. The van der Waals surface area contributed by atoms with Gasteiger partial charge in [-0.25, -0.2) is 9.50 Å². The number of likely N-dealkylation sites (N-methyl/N-ethyl adjacent to an activating group) is 2. The van der Waals surface area contributed by atoms with E-state index >= 15 is 0 Å². The lowest BCUT2D eigenvalue weighted by molar-refractivity contribution is -0.130. The summed E-state index contributed by atoms with van der Waals surface area (Å²) in [5, 5.41) is 4.33. The van der Waals surface area contributed by atoms with E-state index in [2.05, 4.69) is 53.0 Å². The number of aromatic amines is 1. The summed E-state index contributed by atoms with van der Waals surface area (Å²) in [5.74, 6) is 1.55. The van der Waals surface area contributed by atoms with Gasteiger partial charge in [0.1, 0.15) is 6.33 Å². The number of fused-ring (bicyclic) bond motifs is 2. The average molecular weight is 504 g/mol. The third-order valence-corrected chi connectivity index (χ3v) is 7.75. The molecule has 9 nitrogen and oxygen atoms in total. The molecule has 4 aromatic heterocycles. The second kappa shape index (κ2) is 10.1. The van der Waals surface area contributed by atoms with Crippen LogP contribution < -0.4 is 4.74 Å². The molecule has 4 aromatic rings. The van der Waals surface area contributed by atoms with Crippen LogP contribution in [-0.2, 0) is 4.79 Å². The highest BCUT2D eigenvalue weighted by Crippen LogP contribution is 2.39. The van der Waals surface area contributed by atoms with Crippen LogP contribution in [0.3, 0.4) is 0 Å². The van der Waals surface area contributed by atoms with Crippen molar-refractivity contribution in [1.82, 2.24) is 34.4 Å². The summed E-state index contributed by atoms with van der Waals surface area (Å²) < 4.78 is 7.36. The van der Waals surface area contributed by atoms with E-state index in [9.17, 15) is 4.79 Å². The van der Waals surface area contributed by atoms with Crippen molar-refractivity contribution in [1.29, 1.82) is 0 Å². The number of hydrogen-bond acceptors (Lipinski definition) is 6. The smallest absolute Gasteiger partial charge is 0.236 e. The van der Waals surface area contributed by atoms with Gasteiger partial charge in [-0.3, -0.25) is 14.7 Å². The highest BCUT2D eigenvalue weighted by molar-refractivity contribution is 5.89. The molecule has 1 saturated carbocycles. The number of aromatic nitrogens is 5. The lowest BCUT2D eigenvalue weighted by atomic mass is 9.83. The molecular weight excluding hydrogens is 466 g/mol. The first-order chi connectivity index (χ1) is 17.8. The molecule has 0 aliphatic heterocycles. The fraction of sp³-hybridized carbons (Fsp3) is 0.500. The van der Waals surface area contributed by atoms with E-state index in [0.717, 1.165) is 53.7 Å². The van der Waals surface area contributed by atoms with E-state index in [1.165, 1.54) is 11.9 Å². The zero-order valence-electron chi connectivity index (χ0n) is 22.7. The molecule has 1 aliphatic rings. The van der Waals surface area contributed by atoms with Crippen molar-refractivity contribution in [2.24, 2.45) is 0 Å². The van der Waals surface area contributed by atoms with Crippen LogP contribution in [0.25, 0.3) is 27.9 Å². The van der Waals surface area contributed by atoms with E-state index in [4.69, 9.17) is 9.72 Å². The van der Waals surface area contributed by atoms with Crippen LogP contribution in [0.5, 0.6) is 5.75 Å². The average Bonchev–Trinajstić information content (AvgIpc) is 3.52. The third kappa shape index (κ3) is 4.80. The fourth-order valence-electron chi connectivity index (χ4n) is 5.60. The van der Waals surface area contributed by atoms with Crippen LogP contribution >= 0.6 is 0 Å². The molecular formula is C28H37N7O2. The van der Waals surface area contributed by atoms with Crippen molar-refractivity contribution < 1.29 is 9.53 Å². The molecule has 1 fully saturated rings. The molecule has 1 aliphatic carbocycles. The highest BCUT2D eigenvalue weighted by Gasteiger charge is 2.28. The maximum Gasteiger partial charge on any atom is 0.236 e. The van der Waals surface area contributed by atoms with Crippen molar-refractivity contribution in [3.8, 4) is 17.0 Å². The van der Waals surface area contributed by atoms with Crippen molar-refractivity contribution in [2.45, 2.75) is 57.4 Å². The summed E-state index contributed by atoms with van der Waals surface area (Å²) >= 11 is 0. The number of carbonyl (C=O) groups is 1. The van der Waals surface area contributed by atoms with Crippen LogP contribution in [0.2, 0.25) is 0 Å². The van der Waals surface area contributed by atoms with E-state index in [-0.39, 0.29) is 11.8 Å². The quantitative estimate of drug-likeness (QED) is 0.401. The van der Waals surface area contributed by atoms with Gasteiger partial charge < -0.3 is 14.6 Å². The number of amides is 1. The number of pyridine rings is 2. The lowest BCUT2D eigenvalue weighted by Gasteiger charge is -2.34. The molecule has 0 aromatic carbocycles. The maximum absolute atomic E-state index is 12.1. The topological polar surface area (TPSA) is 91.7 Å². The zero-order chi connectivity index (χ0) is 26.3. The van der Waals surface area contributed by atoms with Crippen LogP contribution in [0.15, 0.2) is 30.7 Å².